The van der Waals surface area contributed by atoms with Crippen LogP contribution in [0.15, 0.2) is 97.2 Å². The highest BCUT2D eigenvalue weighted by atomic mass is 16.8. The van der Waals surface area contributed by atoms with Gasteiger partial charge in [-0.3, -0.25) is 4.79 Å². The number of ether oxygens (including phenoxy) is 6. The number of carbonyl (C=O) groups is 1. The van der Waals surface area contributed by atoms with E-state index in [2.05, 4.69) is 104 Å². The van der Waals surface area contributed by atoms with Crippen molar-refractivity contribution in [2.45, 2.75) is 426 Å². The van der Waals surface area contributed by atoms with Gasteiger partial charge in [-0.05, 0) is 83.5 Å². The van der Waals surface area contributed by atoms with Crippen LogP contribution in [0.25, 0.3) is 0 Å². The van der Waals surface area contributed by atoms with Crippen molar-refractivity contribution in [1.29, 1.82) is 0 Å². The molecule has 1 amide bonds. The van der Waals surface area contributed by atoms with Crippen LogP contribution in [0.4, 0.5) is 0 Å². The van der Waals surface area contributed by atoms with Crippen molar-refractivity contribution in [3.63, 3.8) is 0 Å². The largest absolute Gasteiger partial charge is 0.394 e. The van der Waals surface area contributed by atoms with Crippen LogP contribution >= 0.6 is 0 Å². The molecule has 0 saturated carbocycles. The van der Waals surface area contributed by atoms with E-state index < -0.39 is 124 Å². The van der Waals surface area contributed by atoms with Crippen LogP contribution in [0, 0.1) is 0 Å². The first kappa shape index (κ1) is 97.9. The predicted octanol–water partition coefficient (Wildman–Crippen LogP) is 15.5. The van der Waals surface area contributed by atoms with E-state index in [0.29, 0.717) is 12.8 Å². The van der Waals surface area contributed by atoms with Gasteiger partial charge in [-0.15, -0.1) is 0 Å². The molecule has 3 saturated heterocycles. The minimum absolute atomic E-state index is 0.235. The number of aliphatic hydroxyl groups excluding tert-OH is 11. The number of hydrogen-bond donors (Lipinski definition) is 12. The monoisotopic (exact) mass is 1510 g/mol. The Bertz CT molecular complexity index is 2310. The zero-order valence-corrected chi connectivity index (χ0v) is 66.6. The molecule has 0 aromatic heterocycles. The van der Waals surface area contributed by atoms with Crippen LogP contribution in [0.1, 0.15) is 322 Å². The van der Waals surface area contributed by atoms with Crippen molar-refractivity contribution in [3.8, 4) is 0 Å². The molecule has 0 aromatic rings. The summed E-state index contributed by atoms with van der Waals surface area (Å²) in [5.41, 5.74) is 0. The first-order valence-corrected chi connectivity index (χ1v) is 43.0. The molecule has 0 radical (unpaired) electrons. The molecule has 0 spiro atoms. The van der Waals surface area contributed by atoms with Crippen LogP contribution in [0.2, 0.25) is 0 Å². The third kappa shape index (κ3) is 46.5. The SMILES string of the molecule is CC/C=C\C/C=C\C/C=C\C/C=C\C/C=C\C/C=C\CCCCCCCCCCCCCCCCCCCCCCC(=O)NC(COC1OC(CO)C(OC2OC(CO)C(OC3OC(CO)C(O)C(O)C3O)C(O)C2O)C(O)C1O)C(O)/C=C/CC/C=C/CCCCCCCCCCCCCCCCCCC. The van der Waals surface area contributed by atoms with Gasteiger partial charge in [0.2, 0.25) is 5.91 Å². The zero-order chi connectivity index (χ0) is 77.4. The summed E-state index contributed by atoms with van der Waals surface area (Å²) in [6.07, 6.45) is 65.5. The second-order valence-corrected chi connectivity index (χ2v) is 30.3. The topological polar surface area (TPSA) is 307 Å². The second kappa shape index (κ2) is 67.2. The average molecular weight is 1520 g/mol. The molecule has 17 atom stereocenters. The van der Waals surface area contributed by atoms with Crippen LogP contribution < -0.4 is 5.32 Å². The molecule has 3 aliphatic rings. The van der Waals surface area contributed by atoms with Crippen LogP contribution in [0.5, 0.6) is 0 Å². The summed E-state index contributed by atoms with van der Waals surface area (Å²) >= 11 is 0. The number of amides is 1. The summed E-state index contributed by atoms with van der Waals surface area (Å²) < 4.78 is 34.5. The lowest BCUT2D eigenvalue weighted by atomic mass is 9.96. The fraction of sp³-hybridized carbons (Fsp3) is 0.807. The first-order chi connectivity index (χ1) is 52.3. The maximum atomic E-state index is 13.5. The fourth-order valence-electron chi connectivity index (χ4n) is 14.0. The zero-order valence-electron chi connectivity index (χ0n) is 66.6. The number of allylic oxidation sites excluding steroid dienone is 15. The molecular formula is C88H155NO18. The van der Waals surface area contributed by atoms with Gasteiger partial charge < -0.3 is 89.9 Å². The highest BCUT2D eigenvalue weighted by Crippen LogP contribution is 2.33. The number of rotatable bonds is 68. The van der Waals surface area contributed by atoms with Gasteiger partial charge in [0.25, 0.3) is 0 Å². The predicted molar refractivity (Wildman–Crippen MR) is 429 cm³/mol. The Kier molecular flexibility index (Phi) is 61.5. The van der Waals surface area contributed by atoms with E-state index in [1.165, 1.54) is 212 Å². The van der Waals surface area contributed by atoms with Gasteiger partial charge in [0.1, 0.15) is 73.2 Å². The molecular weight excluding hydrogens is 1360 g/mol. The number of aliphatic hydroxyl groups is 11. The lowest BCUT2D eigenvalue weighted by molar-refractivity contribution is -0.379. The third-order valence-corrected chi connectivity index (χ3v) is 20.9. The van der Waals surface area contributed by atoms with Crippen molar-refractivity contribution in [1.82, 2.24) is 5.32 Å². The number of unbranched alkanes of at least 4 members (excludes halogenated alkanes) is 38. The molecule has 19 heteroatoms. The Labute approximate surface area is 647 Å². The standard InChI is InChI=1S/C88H155NO18/c1-3-5-7-9-11-13-15-17-19-21-23-25-27-28-29-30-31-32-33-34-35-36-37-38-39-40-41-42-44-46-48-50-52-54-56-58-60-62-64-66-76(94)89-71(72(93)65-63-61-59-57-55-53-51-49-47-45-43-26-24-22-20-18-16-14-12-10-8-6-4-2)70-102-86-82(100)79(97)84(74(68-91)104-86)107-88-83(101)80(98)85(75(69-92)105-88)106-87-81(99)78(96)77(95)73(67-90)103-87/h5,7,11,13,17,19,23,25,28-29,31-32,55,57,63,65,71-75,77-88,90-93,95-101H,3-4,6,8-10,12,14-16,18,20-22,24,26-27,30,33-54,56,58-62,64,66-70H2,1-2H3,(H,89,94)/b7-5-,13-11-,19-17-,25-23-,29-28-,32-31-,57-55+,65-63+. The molecule has 12 N–H and O–H groups in total. The van der Waals surface area contributed by atoms with Crippen molar-refractivity contribution in [2.75, 3.05) is 26.4 Å². The number of nitrogens with one attached hydrogen (secondary N) is 1. The summed E-state index contributed by atoms with van der Waals surface area (Å²) in [5, 5.41) is 121. The van der Waals surface area contributed by atoms with Crippen molar-refractivity contribution < 1.29 is 89.4 Å². The quantitative estimate of drug-likeness (QED) is 0.0199. The summed E-state index contributed by atoms with van der Waals surface area (Å²) in [6.45, 7) is 1.64. The van der Waals surface area contributed by atoms with Gasteiger partial charge >= 0.3 is 0 Å². The highest BCUT2D eigenvalue weighted by molar-refractivity contribution is 5.76. The van der Waals surface area contributed by atoms with Gasteiger partial charge in [-0.25, -0.2) is 0 Å². The van der Waals surface area contributed by atoms with E-state index in [4.69, 9.17) is 28.4 Å². The molecule has 3 rings (SSSR count). The smallest absolute Gasteiger partial charge is 0.220 e. The number of carbonyl (C=O) groups excluding carboxylic acids is 1. The van der Waals surface area contributed by atoms with Gasteiger partial charge in [-0.2, -0.15) is 0 Å². The van der Waals surface area contributed by atoms with E-state index in [1.807, 2.05) is 6.08 Å². The van der Waals surface area contributed by atoms with Crippen LogP contribution in [-0.2, 0) is 33.2 Å². The van der Waals surface area contributed by atoms with Gasteiger partial charge in [0.15, 0.2) is 18.9 Å². The normalized spacial score (nSPS) is 26.0. The van der Waals surface area contributed by atoms with E-state index in [0.717, 1.165) is 77.0 Å². The Morgan fingerprint density at radius 2 is 0.654 bits per heavy atom. The van der Waals surface area contributed by atoms with E-state index in [-0.39, 0.29) is 18.9 Å². The molecule has 3 heterocycles. The molecule has 107 heavy (non-hydrogen) atoms. The first-order valence-electron chi connectivity index (χ1n) is 43.0. The van der Waals surface area contributed by atoms with Gasteiger partial charge in [0.05, 0.1) is 38.6 Å². The molecule has 0 aliphatic carbocycles. The Hall–Kier alpha value is -3.29. The lowest BCUT2D eigenvalue weighted by Crippen LogP contribution is -2.66. The maximum absolute atomic E-state index is 13.5. The van der Waals surface area contributed by atoms with Crippen LogP contribution in [-0.4, -0.2) is 193 Å². The molecule has 3 fully saturated rings. The highest BCUT2D eigenvalue weighted by Gasteiger charge is 2.54. The van der Waals surface area contributed by atoms with Crippen molar-refractivity contribution in [2.24, 2.45) is 0 Å². The van der Waals surface area contributed by atoms with Crippen molar-refractivity contribution in [3.05, 3.63) is 97.2 Å². The van der Waals surface area contributed by atoms with E-state index in [9.17, 15) is 61.0 Å². The summed E-state index contributed by atoms with van der Waals surface area (Å²) in [6, 6.07) is -0.994. The average Bonchev–Trinajstić information content (AvgIpc) is 0.781. The minimum Gasteiger partial charge on any atom is -0.394 e. The van der Waals surface area contributed by atoms with Crippen LogP contribution in [0.3, 0.4) is 0 Å². The third-order valence-electron chi connectivity index (χ3n) is 20.9. The van der Waals surface area contributed by atoms with Gasteiger partial charge in [0, 0.05) is 6.42 Å². The van der Waals surface area contributed by atoms with Gasteiger partial charge in [-0.1, -0.05) is 329 Å². The second-order valence-electron chi connectivity index (χ2n) is 30.3. The molecule has 0 bridgehead atoms. The molecule has 19 nitrogen and oxygen atoms in total. The fourth-order valence-corrected chi connectivity index (χ4v) is 14.0. The molecule has 3 aliphatic heterocycles. The Morgan fingerprint density at radius 1 is 0.346 bits per heavy atom. The number of hydrogen-bond acceptors (Lipinski definition) is 18. The maximum Gasteiger partial charge on any atom is 0.220 e. The minimum atomic E-state index is -1.98. The van der Waals surface area contributed by atoms with Crippen molar-refractivity contribution >= 4 is 5.91 Å². The summed E-state index contributed by atoms with van der Waals surface area (Å²) in [5.74, 6) is -0.282. The Balaban J connectivity index is 1.33. The lowest BCUT2D eigenvalue weighted by Gasteiger charge is -2.48. The Morgan fingerprint density at radius 3 is 1.05 bits per heavy atom. The summed E-state index contributed by atoms with van der Waals surface area (Å²) in [7, 11) is 0. The van der Waals surface area contributed by atoms with E-state index >= 15 is 0 Å². The molecule has 620 valence electrons. The molecule has 17 unspecified atom stereocenters. The van der Waals surface area contributed by atoms with E-state index in [1.54, 1.807) is 6.08 Å². The molecule has 0 aromatic carbocycles. The summed E-state index contributed by atoms with van der Waals surface area (Å²) in [4.78, 5) is 13.5.